The zero-order valence-corrected chi connectivity index (χ0v) is 15.0. The molecule has 0 spiro atoms. The second-order valence-corrected chi connectivity index (χ2v) is 6.26. The molecule has 28 heavy (non-hydrogen) atoms. The van der Waals surface area contributed by atoms with Gasteiger partial charge in [-0.05, 0) is 42.3 Å². The Kier molecular flexibility index (Phi) is 5.39. The number of benzene rings is 2. The Morgan fingerprint density at radius 3 is 2.50 bits per heavy atom. The summed E-state index contributed by atoms with van der Waals surface area (Å²) in [6.45, 7) is 1.82. The van der Waals surface area contributed by atoms with Crippen LogP contribution in [0.15, 0.2) is 54.6 Å². The summed E-state index contributed by atoms with van der Waals surface area (Å²) < 4.78 is 14.2. The lowest BCUT2D eigenvalue weighted by atomic mass is 9.98. The molecule has 8 heteroatoms. The first kappa shape index (κ1) is 19.1. The predicted molar refractivity (Wildman–Crippen MR) is 98.8 cm³/mol. The molecule has 0 saturated heterocycles. The van der Waals surface area contributed by atoms with Crippen molar-refractivity contribution in [2.24, 2.45) is 0 Å². The molecule has 0 fully saturated rings. The summed E-state index contributed by atoms with van der Waals surface area (Å²) in [6, 6.07) is 12.8. The van der Waals surface area contributed by atoms with Crippen molar-refractivity contribution in [2.75, 3.05) is 0 Å². The van der Waals surface area contributed by atoms with E-state index in [1.54, 1.807) is 12.1 Å². The molecule has 3 rings (SSSR count). The van der Waals surface area contributed by atoms with Crippen LogP contribution in [0.5, 0.6) is 5.88 Å². The minimum atomic E-state index is -1.06. The average Bonchev–Trinajstić information content (AvgIpc) is 3.04. The molecule has 3 aromatic rings. The fourth-order valence-electron chi connectivity index (χ4n) is 2.88. The molecule has 1 heterocycles. The summed E-state index contributed by atoms with van der Waals surface area (Å²) in [6.07, 6.45) is -0.304. The van der Waals surface area contributed by atoms with Crippen molar-refractivity contribution >= 4 is 11.9 Å². The van der Waals surface area contributed by atoms with E-state index in [-0.39, 0.29) is 18.0 Å². The lowest BCUT2D eigenvalue weighted by molar-refractivity contribution is -0.137. The van der Waals surface area contributed by atoms with Gasteiger partial charge in [-0.1, -0.05) is 24.3 Å². The quantitative estimate of drug-likeness (QED) is 0.607. The van der Waals surface area contributed by atoms with Crippen molar-refractivity contribution in [2.45, 2.75) is 19.4 Å². The Bertz CT molecular complexity index is 1010. The van der Waals surface area contributed by atoms with Crippen molar-refractivity contribution in [3.63, 3.8) is 0 Å². The van der Waals surface area contributed by atoms with E-state index in [9.17, 15) is 24.2 Å². The van der Waals surface area contributed by atoms with Crippen molar-refractivity contribution < 1.29 is 24.2 Å². The normalized spacial score (nSPS) is 11.8. The van der Waals surface area contributed by atoms with E-state index in [4.69, 9.17) is 0 Å². The second-order valence-electron chi connectivity index (χ2n) is 6.26. The third kappa shape index (κ3) is 4.17. The number of carboxylic acid groups (broad SMARTS) is 1. The molecule has 1 atom stereocenters. The standard InChI is InChI=1S/C20H18FN3O4/c1-12-4-2-3-5-15(12)16(11-19(26)27)22-20(28)17-10-18(25)24(23-17)14-8-6-13(21)7-9-14/h2-10,16,25H,11H2,1H3,(H,22,28)(H,26,27)/t16-/m0/s1. The zero-order valence-electron chi connectivity index (χ0n) is 15.0. The average molecular weight is 383 g/mol. The van der Waals surface area contributed by atoms with Gasteiger partial charge in [0.25, 0.3) is 5.91 Å². The highest BCUT2D eigenvalue weighted by Gasteiger charge is 2.22. The number of aliphatic carboxylic acids is 1. The summed E-state index contributed by atoms with van der Waals surface area (Å²) in [5, 5.41) is 26.0. The number of nitrogens with zero attached hydrogens (tertiary/aromatic N) is 2. The first-order chi connectivity index (χ1) is 13.3. The number of carbonyl (C=O) groups is 2. The molecule has 1 aromatic heterocycles. The third-order valence-corrected chi connectivity index (χ3v) is 4.24. The SMILES string of the molecule is Cc1ccccc1[C@H](CC(=O)O)NC(=O)c1cc(O)n(-c2ccc(F)cc2)n1. The fourth-order valence-corrected chi connectivity index (χ4v) is 2.88. The Morgan fingerprint density at radius 2 is 1.86 bits per heavy atom. The van der Waals surface area contributed by atoms with Crippen molar-refractivity contribution in [1.82, 2.24) is 15.1 Å². The lowest BCUT2D eigenvalue weighted by Gasteiger charge is -2.18. The van der Waals surface area contributed by atoms with Crippen LogP contribution in [0.3, 0.4) is 0 Å². The third-order valence-electron chi connectivity index (χ3n) is 4.24. The lowest BCUT2D eigenvalue weighted by Crippen LogP contribution is -2.31. The van der Waals surface area contributed by atoms with Gasteiger partial charge in [-0.15, -0.1) is 0 Å². The van der Waals surface area contributed by atoms with Gasteiger partial charge in [-0.2, -0.15) is 5.10 Å². The Balaban J connectivity index is 1.86. The molecule has 0 aliphatic heterocycles. The molecule has 0 aliphatic carbocycles. The minimum absolute atomic E-state index is 0.0919. The highest BCUT2D eigenvalue weighted by atomic mass is 19.1. The van der Waals surface area contributed by atoms with Crippen molar-refractivity contribution in [1.29, 1.82) is 0 Å². The number of aromatic hydroxyl groups is 1. The van der Waals surface area contributed by atoms with Gasteiger partial charge < -0.3 is 15.5 Å². The fraction of sp³-hybridized carbons (Fsp3) is 0.150. The maximum atomic E-state index is 13.1. The van der Waals surface area contributed by atoms with Crippen molar-refractivity contribution in [3.05, 3.63) is 77.2 Å². The van der Waals surface area contributed by atoms with Crippen LogP contribution in [0.4, 0.5) is 4.39 Å². The van der Waals surface area contributed by atoms with Crippen LogP contribution in [0.1, 0.15) is 34.1 Å². The molecule has 0 bridgehead atoms. The van der Waals surface area contributed by atoms with Crippen LogP contribution in [0, 0.1) is 12.7 Å². The summed E-state index contributed by atoms with van der Waals surface area (Å²) >= 11 is 0. The molecule has 0 unspecified atom stereocenters. The van der Waals surface area contributed by atoms with Gasteiger partial charge in [0.05, 0.1) is 18.2 Å². The summed E-state index contributed by atoms with van der Waals surface area (Å²) in [5.41, 5.74) is 1.80. The number of aromatic nitrogens is 2. The number of hydrogen-bond acceptors (Lipinski definition) is 4. The number of carbonyl (C=O) groups excluding carboxylic acids is 1. The van der Waals surface area contributed by atoms with Gasteiger partial charge in [0, 0.05) is 6.07 Å². The number of hydrogen-bond donors (Lipinski definition) is 3. The number of rotatable bonds is 6. The number of aryl methyl sites for hydroxylation is 1. The molecule has 0 aliphatic rings. The molecular weight excluding hydrogens is 365 g/mol. The number of amides is 1. The van der Waals surface area contributed by atoms with Gasteiger partial charge in [-0.3, -0.25) is 9.59 Å². The first-order valence-corrected chi connectivity index (χ1v) is 8.48. The highest BCUT2D eigenvalue weighted by Crippen LogP contribution is 2.23. The van der Waals surface area contributed by atoms with E-state index < -0.39 is 23.7 Å². The maximum Gasteiger partial charge on any atom is 0.305 e. The summed E-state index contributed by atoms with van der Waals surface area (Å²) in [5.74, 6) is -2.44. The molecule has 7 nitrogen and oxygen atoms in total. The van der Waals surface area contributed by atoms with E-state index >= 15 is 0 Å². The Hall–Kier alpha value is -3.68. The zero-order chi connectivity index (χ0) is 20.3. The van der Waals surface area contributed by atoms with Crippen LogP contribution >= 0.6 is 0 Å². The predicted octanol–water partition coefficient (Wildman–Crippen LogP) is 2.97. The minimum Gasteiger partial charge on any atom is -0.493 e. The topological polar surface area (TPSA) is 104 Å². The van der Waals surface area contributed by atoms with E-state index in [2.05, 4.69) is 10.4 Å². The van der Waals surface area contributed by atoms with Crippen molar-refractivity contribution in [3.8, 4) is 11.6 Å². The first-order valence-electron chi connectivity index (χ1n) is 8.48. The largest absolute Gasteiger partial charge is 0.493 e. The number of nitrogens with one attached hydrogen (secondary N) is 1. The van der Waals surface area contributed by atoms with E-state index in [1.807, 2.05) is 19.1 Å². The number of halogens is 1. The van der Waals surface area contributed by atoms with Gasteiger partial charge in [0.15, 0.2) is 5.69 Å². The van der Waals surface area contributed by atoms with Gasteiger partial charge in [-0.25, -0.2) is 9.07 Å². The monoisotopic (exact) mass is 383 g/mol. The van der Waals surface area contributed by atoms with Gasteiger partial charge in [0.2, 0.25) is 5.88 Å². The van der Waals surface area contributed by atoms with E-state index in [1.165, 1.54) is 24.3 Å². The van der Waals surface area contributed by atoms with Crippen LogP contribution in [0.25, 0.3) is 5.69 Å². The number of carboxylic acids is 1. The summed E-state index contributed by atoms with van der Waals surface area (Å²) in [7, 11) is 0. The molecule has 3 N–H and O–H groups in total. The Morgan fingerprint density at radius 1 is 1.18 bits per heavy atom. The van der Waals surface area contributed by atoms with Crippen LogP contribution < -0.4 is 5.32 Å². The van der Waals surface area contributed by atoms with Gasteiger partial charge in [0.1, 0.15) is 5.82 Å². The smallest absolute Gasteiger partial charge is 0.305 e. The molecule has 144 valence electrons. The summed E-state index contributed by atoms with van der Waals surface area (Å²) in [4.78, 5) is 23.9. The van der Waals surface area contributed by atoms with Crippen LogP contribution in [0.2, 0.25) is 0 Å². The van der Waals surface area contributed by atoms with Crippen LogP contribution in [-0.2, 0) is 4.79 Å². The second kappa shape index (κ2) is 7.91. The van der Waals surface area contributed by atoms with Crippen LogP contribution in [-0.4, -0.2) is 31.9 Å². The Labute approximate surface area is 160 Å². The molecular formula is C20H18FN3O4. The molecule has 0 radical (unpaired) electrons. The maximum absolute atomic E-state index is 13.1. The highest BCUT2D eigenvalue weighted by molar-refractivity contribution is 5.93. The molecule has 0 saturated carbocycles. The van der Waals surface area contributed by atoms with E-state index in [0.717, 1.165) is 16.3 Å². The molecule has 2 aromatic carbocycles. The van der Waals surface area contributed by atoms with Gasteiger partial charge >= 0.3 is 5.97 Å². The molecule has 1 amide bonds. The van der Waals surface area contributed by atoms with E-state index in [0.29, 0.717) is 11.3 Å².